The van der Waals surface area contributed by atoms with Crippen molar-refractivity contribution in [3.8, 4) is 0 Å². The molecule has 3 rings (SSSR count). The molecule has 0 spiro atoms. The second-order valence-corrected chi connectivity index (χ2v) is 9.47. The summed E-state index contributed by atoms with van der Waals surface area (Å²) in [5.74, 6) is 0.0831. The average Bonchev–Trinajstić information content (AvgIpc) is 3.10. The van der Waals surface area contributed by atoms with Crippen LogP contribution in [-0.4, -0.2) is 68.9 Å². The van der Waals surface area contributed by atoms with Crippen LogP contribution >= 0.6 is 0 Å². The molecule has 0 aromatic heterocycles. The zero-order chi connectivity index (χ0) is 19.5. The number of carbonyl (C=O) groups excluding carboxylic acids is 1. The van der Waals surface area contributed by atoms with Crippen LogP contribution in [0.1, 0.15) is 31.2 Å². The number of carbonyl (C=O) groups is 1. The van der Waals surface area contributed by atoms with Crippen molar-refractivity contribution in [2.24, 2.45) is 5.73 Å². The number of nitrogens with zero attached hydrogens (tertiary/aromatic N) is 2. The lowest BCUT2D eigenvalue weighted by Crippen LogP contribution is -2.58. The van der Waals surface area contributed by atoms with Crippen LogP contribution in [0.3, 0.4) is 0 Å². The average molecular weight is 395 g/mol. The fourth-order valence-corrected chi connectivity index (χ4v) is 4.87. The molecule has 1 aliphatic heterocycles. The molecule has 2 aliphatic rings. The van der Waals surface area contributed by atoms with Gasteiger partial charge in [0.15, 0.2) is 0 Å². The zero-order valence-electron chi connectivity index (χ0n) is 16.0. The van der Waals surface area contributed by atoms with Crippen molar-refractivity contribution in [2.45, 2.75) is 43.0 Å². The van der Waals surface area contributed by atoms with Gasteiger partial charge in [-0.3, -0.25) is 9.69 Å². The molecule has 2 fully saturated rings. The van der Waals surface area contributed by atoms with Gasteiger partial charge in [-0.1, -0.05) is 30.5 Å². The lowest BCUT2D eigenvalue weighted by Gasteiger charge is -2.38. The van der Waals surface area contributed by atoms with Gasteiger partial charge in [0.1, 0.15) is 0 Å². The number of hydrogen-bond donors (Lipinski definition) is 2. The van der Waals surface area contributed by atoms with Crippen molar-refractivity contribution in [1.29, 1.82) is 0 Å². The van der Waals surface area contributed by atoms with Crippen LogP contribution < -0.4 is 10.5 Å². The molecule has 150 valence electrons. The van der Waals surface area contributed by atoms with Gasteiger partial charge < -0.3 is 10.6 Å². The molecule has 7 nitrogen and oxygen atoms in total. The van der Waals surface area contributed by atoms with E-state index in [1.54, 1.807) is 24.3 Å². The minimum atomic E-state index is -3.48. The number of rotatable bonds is 6. The van der Waals surface area contributed by atoms with Crippen molar-refractivity contribution >= 4 is 15.9 Å². The number of hydrogen-bond acceptors (Lipinski definition) is 5. The Morgan fingerprint density at radius 1 is 1.11 bits per heavy atom. The van der Waals surface area contributed by atoms with E-state index in [-0.39, 0.29) is 10.8 Å². The van der Waals surface area contributed by atoms with E-state index < -0.39 is 15.6 Å². The lowest BCUT2D eigenvalue weighted by molar-refractivity contribution is -0.138. The molecular formula is C19H30N4O3S. The fourth-order valence-electron chi connectivity index (χ4n) is 3.85. The number of nitrogens with one attached hydrogen (secondary N) is 1. The van der Waals surface area contributed by atoms with Crippen LogP contribution in [0.5, 0.6) is 0 Å². The molecule has 8 heteroatoms. The van der Waals surface area contributed by atoms with Gasteiger partial charge in [0, 0.05) is 39.3 Å². The molecule has 1 heterocycles. The van der Waals surface area contributed by atoms with Gasteiger partial charge in [0.05, 0.1) is 10.4 Å². The third-order valence-electron chi connectivity index (χ3n) is 5.63. The number of piperazine rings is 1. The SMILES string of the molecule is Cc1ccc(S(=O)(=O)NCCN2CCN(C(=O)C3(N)CCCC3)CC2)cc1. The van der Waals surface area contributed by atoms with Gasteiger partial charge in [-0.15, -0.1) is 0 Å². The molecule has 27 heavy (non-hydrogen) atoms. The Balaban J connectivity index is 1.43. The highest BCUT2D eigenvalue weighted by Gasteiger charge is 2.40. The molecule has 1 amide bonds. The smallest absolute Gasteiger partial charge is 0.242 e. The first-order valence-corrected chi connectivity index (χ1v) is 11.2. The van der Waals surface area contributed by atoms with Gasteiger partial charge in [0.25, 0.3) is 0 Å². The van der Waals surface area contributed by atoms with Crippen LogP contribution in [0.25, 0.3) is 0 Å². The van der Waals surface area contributed by atoms with Gasteiger partial charge in [-0.05, 0) is 31.9 Å². The molecule has 0 atom stereocenters. The number of amides is 1. The van der Waals surface area contributed by atoms with Gasteiger partial charge in [-0.25, -0.2) is 13.1 Å². The van der Waals surface area contributed by atoms with Crippen LogP contribution in [-0.2, 0) is 14.8 Å². The minimum Gasteiger partial charge on any atom is -0.339 e. The highest BCUT2D eigenvalue weighted by molar-refractivity contribution is 7.89. The van der Waals surface area contributed by atoms with E-state index in [2.05, 4.69) is 9.62 Å². The summed E-state index contributed by atoms with van der Waals surface area (Å²) in [6, 6.07) is 6.82. The Kier molecular flexibility index (Phi) is 6.20. The van der Waals surface area contributed by atoms with Crippen LogP contribution in [0, 0.1) is 6.92 Å². The van der Waals surface area contributed by atoms with Crippen molar-refractivity contribution in [3.63, 3.8) is 0 Å². The maximum atomic E-state index is 12.6. The molecule has 1 saturated carbocycles. The summed E-state index contributed by atoms with van der Waals surface area (Å²) >= 11 is 0. The highest BCUT2D eigenvalue weighted by atomic mass is 32.2. The van der Waals surface area contributed by atoms with Crippen LogP contribution in [0.4, 0.5) is 0 Å². The number of benzene rings is 1. The topological polar surface area (TPSA) is 95.7 Å². The summed E-state index contributed by atoms with van der Waals surface area (Å²) in [5.41, 5.74) is 6.64. The minimum absolute atomic E-state index is 0.0831. The summed E-state index contributed by atoms with van der Waals surface area (Å²) in [6.07, 6.45) is 3.63. The van der Waals surface area contributed by atoms with Gasteiger partial charge >= 0.3 is 0 Å². The summed E-state index contributed by atoms with van der Waals surface area (Å²) in [4.78, 5) is 17.0. The normalized spacial score (nSPS) is 20.7. The van der Waals surface area contributed by atoms with E-state index in [0.29, 0.717) is 26.2 Å². The molecule has 3 N–H and O–H groups in total. The second-order valence-electron chi connectivity index (χ2n) is 7.71. The summed E-state index contributed by atoms with van der Waals surface area (Å²) in [6.45, 7) is 5.70. The van der Waals surface area contributed by atoms with Crippen molar-refractivity contribution in [2.75, 3.05) is 39.3 Å². The number of aryl methyl sites for hydroxylation is 1. The Labute approximate surface area is 161 Å². The number of nitrogens with two attached hydrogens (primary N) is 1. The lowest BCUT2D eigenvalue weighted by atomic mass is 9.97. The molecule has 0 radical (unpaired) electrons. The number of sulfonamides is 1. The van der Waals surface area contributed by atoms with E-state index in [4.69, 9.17) is 5.73 Å². The van der Waals surface area contributed by atoms with Crippen molar-refractivity contribution in [1.82, 2.24) is 14.5 Å². The predicted molar refractivity (Wildman–Crippen MR) is 105 cm³/mol. The largest absolute Gasteiger partial charge is 0.339 e. The first-order chi connectivity index (χ1) is 12.8. The predicted octanol–water partition coefficient (Wildman–Crippen LogP) is 0.689. The van der Waals surface area contributed by atoms with Gasteiger partial charge in [-0.2, -0.15) is 0 Å². The van der Waals surface area contributed by atoms with E-state index in [1.165, 1.54) is 0 Å². The molecule has 0 unspecified atom stereocenters. The van der Waals surface area contributed by atoms with E-state index in [0.717, 1.165) is 44.3 Å². The van der Waals surface area contributed by atoms with Crippen LogP contribution in [0.2, 0.25) is 0 Å². The third kappa shape index (κ3) is 4.87. The summed E-state index contributed by atoms with van der Waals surface area (Å²) in [7, 11) is -3.48. The Morgan fingerprint density at radius 2 is 1.70 bits per heavy atom. The first kappa shape index (κ1) is 20.3. The molecule has 1 aromatic rings. The Morgan fingerprint density at radius 3 is 2.30 bits per heavy atom. The molecule has 1 aliphatic carbocycles. The van der Waals surface area contributed by atoms with Crippen molar-refractivity contribution < 1.29 is 13.2 Å². The maximum Gasteiger partial charge on any atom is 0.242 e. The van der Waals surface area contributed by atoms with Crippen LogP contribution in [0.15, 0.2) is 29.2 Å². The summed E-state index contributed by atoms with van der Waals surface area (Å²) in [5, 5.41) is 0. The zero-order valence-corrected chi connectivity index (χ0v) is 16.8. The van der Waals surface area contributed by atoms with E-state index in [9.17, 15) is 13.2 Å². The standard InChI is InChI=1S/C19H30N4O3S/c1-16-4-6-17(7-5-16)27(25,26)21-10-11-22-12-14-23(15-13-22)18(24)19(20)8-2-3-9-19/h4-7,21H,2-3,8-15,20H2,1H3. The van der Waals surface area contributed by atoms with E-state index in [1.807, 2.05) is 11.8 Å². The third-order valence-corrected chi connectivity index (χ3v) is 7.11. The molecule has 1 aromatic carbocycles. The first-order valence-electron chi connectivity index (χ1n) is 9.67. The highest BCUT2D eigenvalue weighted by Crippen LogP contribution is 2.29. The molecule has 1 saturated heterocycles. The molecular weight excluding hydrogens is 364 g/mol. The maximum absolute atomic E-state index is 12.6. The van der Waals surface area contributed by atoms with E-state index >= 15 is 0 Å². The summed E-state index contributed by atoms with van der Waals surface area (Å²) < 4.78 is 27.3. The molecule has 0 bridgehead atoms. The van der Waals surface area contributed by atoms with Gasteiger partial charge in [0.2, 0.25) is 15.9 Å². The Hall–Kier alpha value is -1.48. The Bertz CT molecular complexity index is 750. The fraction of sp³-hybridized carbons (Fsp3) is 0.632. The monoisotopic (exact) mass is 394 g/mol. The van der Waals surface area contributed by atoms with Crippen molar-refractivity contribution in [3.05, 3.63) is 29.8 Å². The second kappa shape index (κ2) is 8.26. The quantitative estimate of drug-likeness (QED) is 0.740.